The van der Waals surface area contributed by atoms with Gasteiger partial charge in [0.05, 0.1) is 0 Å². The third kappa shape index (κ3) is 3.11. The van der Waals surface area contributed by atoms with E-state index in [9.17, 15) is 4.79 Å². The molecule has 3 rings (SSSR count). The van der Waals surface area contributed by atoms with Crippen LogP contribution in [0.5, 0.6) is 0 Å². The van der Waals surface area contributed by atoms with E-state index in [1.165, 1.54) is 0 Å². The first-order valence-electron chi connectivity index (χ1n) is 7.23. The van der Waals surface area contributed by atoms with Crippen molar-refractivity contribution in [1.29, 1.82) is 0 Å². The molecular formula is C17H19N3O. The summed E-state index contributed by atoms with van der Waals surface area (Å²) in [6, 6.07) is 13.1. The summed E-state index contributed by atoms with van der Waals surface area (Å²) in [7, 11) is 2.13. The molecule has 0 atom stereocenters. The van der Waals surface area contributed by atoms with Crippen molar-refractivity contribution in [3.05, 3.63) is 59.8 Å². The number of anilines is 1. The van der Waals surface area contributed by atoms with E-state index in [4.69, 9.17) is 0 Å². The summed E-state index contributed by atoms with van der Waals surface area (Å²) in [5.74, 6) is 0.973. The van der Waals surface area contributed by atoms with Crippen molar-refractivity contribution >= 4 is 11.6 Å². The molecule has 2 heterocycles. The molecular weight excluding hydrogens is 262 g/mol. The number of carbonyl (C=O) groups excluding carboxylic acids is 1. The molecule has 1 aliphatic rings. The van der Waals surface area contributed by atoms with E-state index in [1.54, 1.807) is 6.20 Å². The molecule has 0 radical (unpaired) electrons. The van der Waals surface area contributed by atoms with Crippen LogP contribution in [0.4, 0.5) is 5.82 Å². The Morgan fingerprint density at radius 1 is 0.952 bits per heavy atom. The van der Waals surface area contributed by atoms with Gasteiger partial charge in [-0.1, -0.05) is 30.3 Å². The molecule has 0 bridgehead atoms. The lowest BCUT2D eigenvalue weighted by atomic mass is 10.1. The van der Waals surface area contributed by atoms with Gasteiger partial charge in [-0.2, -0.15) is 0 Å². The summed E-state index contributed by atoms with van der Waals surface area (Å²) in [5, 5.41) is 0. The van der Waals surface area contributed by atoms with Crippen molar-refractivity contribution in [1.82, 2.24) is 9.88 Å². The van der Waals surface area contributed by atoms with Crippen molar-refractivity contribution in [3.63, 3.8) is 0 Å². The van der Waals surface area contributed by atoms with Crippen LogP contribution in [0.25, 0.3) is 0 Å². The normalized spacial score (nSPS) is 16.0. The summed E-state index contributed by atoms with van der Waals surface area (Å²) in [6.45, 7) is 4.06. The maximum Gasteiger partial charge on any atom is 0.194 e. The highest BCUT2D eigenvalue weighted by Gasteiger charge is 2.16. The molecule has 1 saturated heterocycles. The van der Waals surface area contributed by atoms with E-state index < -0.39 is 0 Å². The highest BCUT2D eigenvalue weighted by atomic mass is 16.1. The van der Waals surface area contributed by atoms with Crippen LogP contribution in [0.15, 0.2) is 48.7 Å². The van der Waals surface area contributed by atoms with Crippen LogP contribution in [0.3, 0.4) is 0 Å². The SMILES string of the molecule is CN1CCN(c2ccc(C(=O)c3ccccc3)cn2)CC1. The predicted octanol–water partition coefficient (Wildman–Crippen LogP) is 2.06. The fourth-order valence-electron chi connectivity index (χ4n) is 2.50. The number of piperazine rings is 1. The van der Waals surface area contributed by atoms with Crippen molar-refractivity contribution in [2.75, 3.05) is 38.1 Å². The maximum atomic E-state index is 12.3. The number of benzene rings is 1. The summed E-state index contributed by atoms with van der Waals surface area (Å²) < 4.78 is 0. The van der Waals surface area contributed by atoms with Gasteiger partial charge in [-0.25, -0.2) is 4.98 Å². The molecule has 0 N–H and O–H groups in total. The van der Waals surface area contributed by atoms with Crippen LogP contribution in [-0.2, 0) is 0 Å². The molecule has 0 unspecified atom stereocenters. The Bertz CT molecular complexity index is 602. The standard InChI is InChI=1S/C17H19N3O/c1-19-9-11-20(12-10-19)16-8-7-15(13-18-16)17(21)14-5-3-2-4-6-14/h2-8,13H,9-12H2,1H3. The summed E-state index contributed by atoms with van der Waals surface area (Å²) >= 11 is 0. The van der Waals surface area contributed by atoms with E-state index in [2.05, 4.69) is 21.8 Å². The Labute approximate surface area is 125 Å². The van der Waals surface area contributed by atoms with Crippen LogP contribution >= 0.6 is 0 Å². The van der Waals surface area contributed by atoms with Gasteiger partial charge in [0.25, 0.3) is 0 Å². The van der Waals surface area contributed by atoms with Gasteiger partial charge < -0.3 is 9.80 Å². The van der Waals surface area contributed by atoms with Crippen molar-refractivity contribution in [3.8, 4) is 0 Å². The van der Waals surface area contributed by atoms with Crippen molar-refractivity contribution < 1.29 is 4.79 Å². The lowest BCUT2D eigenvalue weighted by Crippen LogP contribution is -2.44. The summed E-state index contributed by atoms with van der Waals surface area (Å²) in [6.07, 6.45) is 1.68. The number of hydrogen-bond donors (Lipinski definition) is 0. The van der Waals surface area contributed by atoms with Crippen molar-refractivity contribution in [2.45, 2.75) is 0 Å². The van der Waals surface area contributed by atoms with Crippen LogP contribution in [0.1, 0.15) is 15.9 Å². The zero-order valence-electron chi connectivity index (χ0n) is 12.2. The molecule has 21 heavy (non-hydrogen) atoms. The van der Waals surface area contributed by atoms with Crippen LogP contribution in [0, 0.1) is 0 Å². The van der Waals surface area contributed by atoms with Crippen LogP contribution in [-0.4, -0.2) is 48.9 Å². The number of carbonyl (C=O) groups is 1. The number of aromatic nitrogens is 1. The van der Waals surface area contributed by atoms with E-state index in [0.717, 1.165) is 32.0 Å². The second kappa shape index (κ2) is 6.06. The Balaban J connectivity index is 1.74. The molecule has 4 nitrogen and oxygen atoms in total. The minimum atomic E-state index is 0.0213. The monoisotopic (exact) mass is 281 g/mol. The fraction of sp³-hybridized carbons (Fsp3) is 0.294. The zero-order chi connectivity index (χ0) is 14.7. The molecule has 1 aliphatic heterocycles. The topological polar surface area (TPSA) is 36.4 Å². The molecule has 4 heteroatoms. The second-order valence-electron chi connectivity index (χ2n) is 5.39. The van der Waals surface area contributed by atoms with Gasteiger partial charge in [0, 0.05) is 43.5 Å². The lowest BCUT2D eigenvalue weighted by molar-refractivity contribution is 0.103. The number of rotatable bonds is 3. The molecule has 0 aliphatic carbocycles. The van der Waals surface area contributed by atoms with Gasteiger partial charge in [-0.3, -0.25) is 4.79 Å². The first-order chi connectivity index (χ1) is 10.2. The smallest absolute Gasteiger partial charge is 0.194 e. The highest BCUT2D eigenvalue weighted by Crippen LogP contribution is 2.15. The zero-order valence-corrected chi connectivity index (χ0v) is 12.2. The van der Waals surface area contributed by atoms with E-state index in [-0.39, 0.29) is 5.78 Å². The molecule has 1 fully saturated rings. The highest BCUT2D eigenvalue weighted by molar-refractivity contribution is 6.08. The quantitative estimate of drug-likeness (QED) is 0.807. The Morgan fingerprint density at radius 2 is 1.67 bits per heavy atom. The Kier molecular flexibility index (Phi) is 3.97. The van der Waals surface area contributed by atoms with E-state index >= 15 is 0 Å². The number of likely N-dealkylation sites (N-methyl/N-ethyl adjacent to an activating group) is 1. The average Bonchev–Trinajstić information content (AvgIpc) is 2.56. The van der Waals surface area contributed by atoms with Gasteiger partial charge in [0.15, 0.2) is 5.78 Å². The maximum absolute atomic E-state index is 12.3. The third-order valence-corrected chi connectivity index (χ3v) is 3.87. The molecule has 1 aromatic carbocycles. The third-order valence-electron chi connectivity index (χ3n) is 3.87. The van der Waals surface area contributed by atoms with Crippen LogP contribution in [0.2, 0.25) is 0 Å². The van der Waals surface area contributed by atoms with Gasteiger partial charge in [-0.15, -0.1) is 0 Å². The number of pyridine rings is 1. The van der Waals surface area contributed by atoms with Gasteiger partial charge in [0.2, 0.25) is 0 Å². The number of ketones is 1. The lowest BCUT2D eigenvalue weighted by Gasteiger charge is -2.33. The van der Waals surface area contributed by atoms with Gasteiger partial charge in [-0.05, 0) is 19.2 Å². The van der Waals surface area contributed by atoms with Gasteiger partial charge in [0.1, 0.15) is 5.82 Å². The molecule has 0 amide bonds. The molecule has 2 aromatic rings. The first kappa shape index (κ1) is 13.8. The largest absolute Gasteiger partial charge is 0.354 e. The van der Waals surface area contributed by atoms with E-state index in [1.807, 2.05) is 42.5 Å². The number of hydrogen-bond acceptors (Lipinski definition) is 4. The first-order valence-corrected chi connectivity index (χ1v) is 7.23. The molecule has 0 saturated carbocycles. The predicted molar refractivity (Wildman–Crippen MR) is 83.8 cm³/mol. The molecule has 0 spiro atoms. The fourth-order valence-corrected chi connectivity index (χ4v) is 2.50. The minimum absolute atomic E-state index is 0.0213. The second-order valence-corrected chi connectivity index (χ2v) is 5.39. The molecule has 1 aromatic heterocycles. The average molecular weight is 281 g/mol. The Hall–Kier alpha value is -2.20. The van der Waals surface area contributed by atoms with Crippen molar-refractivity contribution in [2.24, 2.45) is 0 Å². The van der Waals surface area contributed by atoms with E-state index in [0.29, 0.717) is 11.1 Å². The molecule has 108 valence electrons. The van der Waals surface area contributed by atoms with Crippen LogP contribution < -0.4 is 4.90 Å². The minimum Gasteiger partial charge on any atom is -0.354 e. The van der Waals surface area contributed by atoms with Gasteiger partial charge >= 0.3 is 0 Å². The summed E-state index contributed by atoms with van der Waals surface area (Å²) in [4.78, 5) is 21.3. The number of nitrogens with zero attached hydrogens (tertiary/aromatic N) is 3. The summed E-state index contributed by atoms with van der Waals surface area (Å²) in [5.41, 5.74) is 1.34. The Morgan fingerprint density at radius 3 is 2.29 bits per heavy atom.